The van der Waals surface area contributed by atoms with Gasteiger partial charge in [-0.3, -0.25) is 19.8 Å². The largest absolute Gasteiger partial charge is 0.340 e. The van der Waals surface area contributed by atoms with E-state index in [0.717, 1.165) is 69.9 Å². The molecule has 5 heterocycles. The zero-order valence-corrected chi connectivity index (χ0v) is 24.6. The second-order valence-electron chi connectivity index (χ2n) is 11.8. The highest BCUT2D eigenvalue weighted by Gasteiger charge is 2.35. The van der Waals surface area contributed by atoms with E-state index in [4.69, 9.17) is 4.98 Å². The number of hydrogen-bond acceptors (Lipinski definition) is 5. The molecule has 40 heavy (non-hydrogen) atoms. The van der Waals surface area contributed by atoms with Gasteiger partial charge in [-0.15, -0.1) is 0 Å². The van der Waals surface area contributed by atoms with Gasteiger partial charge in [0.15, 0.2) is 0 Å². The number of aryl methyl sites for hydroxylation is 2. The second-order valence-corrected chi connectivity index (χ2v) is 11.8. The lowest BCUT2D eigenvalue weighted by molar-refractivity contribution is -0.117. The molecule has 0 bridgehead atoms. The number of nitrogens with zero attached hydrogens (tertiary/aromatic N) is 5. The molecule has 3 aromatic rings. The summed E-state index contributed by atoms with van der Waals surface area (Å²) in [5, 5.41) is 9.64. The molecule has 7 nitrogen and oxygen atoms in total. The van der Waals surface area contributed by atoms with E-state index in [1.54, 1.807) is 0 Å². The number of hydrogen-bond donors (Lipinski definition) is 1. The van der Waals surface area contributed by atoms with E-state index < -0.39 is 0 Å². The molecule has 0 atom stereocenters. The minimum atomic E-state index is 0.517. The second kappa shape index (κ2) is 10.8. The summed E-state index contributed by atoms with van der Waals surface area (Å²) in [5.41, 5.74) is 12.5. The number of amides is 1. The van der Waals surface area contributed by atoms with Crippen LogP contribution in [0.2, 0.25) is 0 Å². The highest BCUT2D eigenvalue weighted by molar-refractivity contribution is 6.00. The van der Waals surface area contributed by atoms with Crippen LogP contribution in [0.5, 0.6) is 0 Å². The zero-order valence-electron chi connectivity index (χ0n) is 24.6. The van der Waals surface area contributed by atoms with E-state index in [9.17, 15) is 4.79 Å². The third-order valence-corrected chi connectivity index (χ3v) is 8.52. The van der Waals surface area contributed by atoms with Crippen molar-refractivity contribution in [3.63, 3.8) is 0 Å². The number of likely N-dealkylation sites (N-methyl/N-ethyl adjacent to an activating group) is 1. The van der Waals surface area contributed by atoms with Crippen LogP contribution in [0.3, 0.4) is 0 Å². The van der Waals surface area contributed by atoms with Gasteiger partial charge in [0, 0.05) is 59.8 Å². The first kappa shape index (κ1) is 26.6. The van der Waals surface area contributed by atoms with E-state index in [1.807, 2.05) is 4.90 Å². The number of nitrogens with one attached hydrogen (secondary N) is 1. The molecule has 1 N–H and O–H groups in total. The lowest BCUT2D eigenvalue weighted by Gasteiger charge is -2.35. The molecule has 0 spiro atoms. The van der Waals surface area contributed by atoms with E-state index in [2.05, 4.69) is 90.9 Å². The fourth-order valence-electron chi connectivity index (χ4n) is 6.69. The van der Waals surface area contributed by atoms with Crippen molar-refractivity contribution in [3.05, 3.63) is 64.8 Å². The number of fused-ring (bicyclic) bond motifs is 1. The summed E-state index contributed by atoms with van der Waals surface area (Å²) in [5.74, 6) is 0.517. The van der Waals surface area contributed by atoms with Gasteiger partial charge in [0.2, 0.25) is 6.41 Å². The average Bonchev–Trinajstić information content (AvgIpc) is 3.63. The van der Waals surface area contributed by atoms with Crippen LogP contribution in [-0.2, 0) is 17.8 Å². The first-order valence-electron chi connectivity index (χ1n) is 14.9. The van der Waals surface area contributed by atoms with Gasteiger partial charge in [0.25, 0.3) is 0 Å². The van der Waals surface area contributed by atoms with Crippen LogP contribution < -0.4 is 10.3 Å². The topological polar surface area (TPSA) is 56.6 Å². The Bertz CT molecular complexity index is 1510. The van der Waals surface area contributed by atoms with Crippen LogP contribution in [0.15, 0.2) is 47.7 Å². The van der Waals surface area contributed by atoms with Crippen LogP contribution in [0.4, 0.5) is 5.69 Å². The number of pyridine rings is 1. The molecule has 0 saturated carbocycles. The van der Waals surface area contributed by atoms with Crippen molar-refractivity contribution in [2.45, 2.75) is 54.0 Å². The summed E-state index contributed by atoms with van der Waals surface area (Å²) in [6.07, 6.45) is 5.38. The molecular weight excluding hydrogens is 496 g/mol. The number of benzene rings is 1. The van der Waals surface area contributed by atoms with Crippen molar-refractivity contribution in [1.82, 2.24) is 24.8 Å². The Morgan fingerprint density at radius 3 is 2.60 bits per heavy atom. The Morgan fingerprint density at radius 2 is 1.93 bits per heavy atom. The van der Waals surface area contributed by atoms with Crippen molar-refractivity contribution in [1.29, 1.82) is 0 Å². The minimum absolute atomic E-state index is 0.517. The standard InChI is InChI=1S/C33H42N6O/c1-6-27-10-11-29(23(5)35-27)30-15-28(39-19-26-18-36(21-40)20-32(26)38(39)7-2)13-25-14-31(24-9-8-12-34-16-24)37(33(25)30)17-22(3)4/h9-11,13-15,21-22,34H,6-8,12,16-20H2,1-5H3. The van der Waals surface area contributed by atoms with Gasteiger partial charge in [-0.25, -0.2) is 0 Å². The Kier molecular flexibility index (Phi) is 7.17. The van der Waals surface area contributed by atoms with Crippen LogP contribution in [0.25, 0.3) is 27.6 Å². The molecule has 7 heteroatoms. The molecule has 1 amide bonds. The van der Waals surface area contributed by atoms with Gasteiger partial charge in [0.1, 0.15) is 0 Å². The summed E-state index contributed by atoms with van der Waals surface area (Å²) in [6, 6.07) is 11.6. The summed E-state index contributed by atoms with van der Waals surface area (Å²) < 4.78 is 2.56. The van der Waals surface area contributed by atoms with Gasteiger partial charge in [0.05, 0.1) is 30.0 Å². The molecule has 1 aromatic carbocycles. The number of carbonyl (C=O) groups excluding carboxylic acids is 1. The summed E-state index contributed by atoms with van der Waals surface area (Å²) >= 11 is 0. The molecule has 210 valence electrons. The van der Waals surface area contributed by atoms with Crippen LogP contribution in [0.1, 0.15) is 51.2 Å². The number of rotatable bonds is 8. The quantitative estimate of drug-likeness (QED) is 0.390. The summed E-state index contributed by atoms with van der Waals surface area (Å²) in [4.78, 5) is 18.4. The van der Waals surface area contributed by atoms with Crippen molar-refractivity contribution in [2.24, 2.45) is 5.92 Å². The lowest BCUT2D eigenvalue weighted by atomic mass is 9.99. The maximum Gasteiger partial charge on any atom is 0.210 e. The van der Waals surface area contributed by atoms with E-state index in [0.29, 0.717) is 12.5 Å². The molecule has 0 radical (unpaired) electrons. The molecule has 6 rings (SSSR count). The third-order valence-electron chi connectivity index (χ3n) is 8.52. The van der Waals surface area contributed by atoms with Gasteiger partial charge in [-0.05, 0) is 74.6 Å². The van der Waals surface area contributed by atoms with E-state index >= 15 is 0 Å². The molecule has 0 aliphatic carbocycles. The fraction of sp³-hybridized carbons (Fsp3) is 0.455. The Labute approximate surface area is 238 Å². The van der Waals surface area contributed by atoms with Gasteiger partial charge in [-0.2, -0.15) is 0 Å². The number of anilines is 1. The first-order valence-corrected chi connectivity index (χ1v) is 14.9. The maximum atomic E-state index is 11.5. The van der Waals surface area contributed by atoms with Gasteiger partial charge >= 0.3 is 0 Å². The predicted molar refractivity (Wildman–Crippen MR) is 164 cm³/mol. The van der Waals surface area contributed by atoms with Crippen LogP contribution >= 0.6 is 0 Å². The van der Waals surface area contributed by atoms with Crippen molar-refractivity contribution >= 4 is 28.6 Å². The smallest absolute Gasteiger partial charge is 0.210 e. The number of hydrazine groups is 1. The van der Waals surface area contributed by atoms with Crippen molar-refractivity contribution in [3.8, 4) is 11.1 Å². The molecule has 3 aliphatic heterocycles. The predicted octanol–water partition coefficient (Wildman–Crippen LogP) is 5.39. The number of aromatic nitrogens is 2. The molecule has 0 fully saturated rings. The van der Waals surface area contributed by atoms with Crippen LogP contribution in [-0.4, -0.2) is 65.1 Å². The normalized spacial score (nSPS) is 17.4. The minimum Gasteiger partial charge on any atom is -0.340 e. The Hall–Kier alpha value is -3.58. The maximum absolute atomic E-state index is 11.5. The molecule has 0 saturated heterocycles. The van der Waals surface area contributed by atoms with E-state index in [-0.39, 0.29) is 0 Å². The van der Waals surface area contributed by atoms with E-state index in [1.165, 1.54) is 50.3 Å². The average molecular weight is 539 g/mol. The fourth-order valence-corrected chi connectivity index (χ4v) is 6.69. The molecular formula is C33H42N6O. The molecule has 2 aromatic heterocycles. The number of carbonyl (C=O) groups is 1. The first-order chi connectivity index (χ1) is 19.4. The molecule has 3 aliphatic rings. The van der Waals surface area contributed by atoms with Gasteiger partial charge < -0.3 is 14.8 Å². The van der Waals surface area contributed by atoms with Crippen molar-refractivity contribution in [2.75, 3.05) is 44.3 Å². The Morgan fingerprint density at radius 1 is 1.07 bits per heavy atom. The third kappa shape index (κ3) is 4.60. The highest BCUT2D eigenvalue weighted by atomic mass is 16.1. The Balaban J connectivity index is 1.55. The monoisotopic (exact) mass is 538 g/mol. The summed E-state index contributed by atoms with van der Waals surface area (Å²) in [6.45, 7) is 17.1. The zero-order chi connectivity index (χ0) is 28.0. The SMILES string of the molecule is CCc1ccc(-c2cc(N3CC4=C(CN(C=O)C4)N3CC)cc3cc(C4=CCCNC4)n(CC(C)C)c23)c(C)n1. The lowest BCUT2D eigenvalue weighted by Crippen LogP contribution is -2.41. The van der Waals surface area contributed by atoms with Gasteiger partial charge in [-0.1, -0.05) is 32.9 Å². The van der Waals surface area contributed by atoms with Crippen LogP contribution in [0, 0.1) is 12.8 Å². The van der Waals surface area contributed by atoms with Crippen molar-refractivity contribution < 1.29 is 4.79 Å². The molecule has 0 unspecified atom stereocenters. The highest BCUT2D eigenvalue weighted by Crippen LogP contribution is 2.41. The summed E-state index contributed by atoms with van der Waals surface area (Å²) in [7, 11) is 0.